The smallest absolute Gasteiger partial charge is 0.238 e. The number of amides is 1. The highest BCUT2D eigenvalue weighted by Gasteiger charge is 2.20. The number of benzene rings is 1. The maximum atomic E-state index is 11.8. The Balaban J connectivity index is 1.36. The lowest BCUT2D eigenvalue weighted by Gasteiger charge is -2.22. The maximum Gasteiger partial charge on any atom is 0.238 e. The van der Waals surface area contributed by atoms with Gasteiger partial charge in [-0.2, -0.15) is 0 Å². The summed E-state index contributed by atoms with van der Waals surface area (Å²) in [6.07, 6.45) is 4.73. The number of carbonyl (C=O) groups excluding carboxylic acids is 1. The number of anilines is 1. The van der Waals surface area contributed by atoms with E-state index in [0.29, 0.717) is 12.5 Å². The molecule has 0 unspecified atom stereocenters. The van der Waals surface area contributed by atoms with Crippen molar-refractivity contribution in [3.05, 3.63) is 24.3 Å². The van der Waals surface area contributed by atoms with Crippen LogP contribution >= 0.6 is 0 Å². The summed E-state index contributed by atoms with van der Waals surface area (Å²) in [5, 5.41) is 6.08. The van der Waals surface area contributed by atoms with E-state index >= 15 is 0 Å². The summed E-state index contributed by atoms with van der Waals surface area (Å²) >= 11 is 0. The maximum absolute atomic E-state index is 11.8. The van der Waals surface area contributed by atoms with Crippen molar-refractivity contribution in [2.45, 2.75) is 25.7 Å². The molecule has 2 N–H and O–H groups in total. The number of ether oxygens (including phenoxy) is 2. The molecule has 1 aliphatic heterocycles. The second kappa shape index (κ2) is 8.31. The van der Waals surface area contributed by atoms with Gasteiger partial charge >= 0.3 is 0 Å². The minimum Gasteiger partial charge on any atom is -0.493 e. The fourth-order valence-electron chi connectivity index (χ4n) is 2.68. The highest BCUT2D eigenvalue weighted by atomic mass is 16.5. The molecule has 1 aromatic carbocycles. The minimum atomic E-state index is 0.00141. The van der Waals surface area contributed by atoms with Crippen LogP contribution in [0.25, 0.3) is 0 Å². The van der Waals surface area contributed by atoms with E-state index in [2.05, 4.69) is 10.6 Å². The first-order valence-electron chi connectivity index (χ1n) is 8.61. The molecule has 1 heterocycles. The molecule has 1 amide bonds. The van der Waals surface area contributed by atoms with Gasteiger partial charge in [0.15, 0.2) is 0 Å². The van der Waals surface area contributed by atoms with Gasteiger partial charge in [0.05, 0.1) is 13.2 Å². The highest BCUT2D eigenvalue weighted by Crippen LogP contribution is 2.27. The summed E-state index contributed by atoms with van der Waals surface area (Å²) < 4.78 is 11.2. The van der Waals surface area contributed by atoms with Gasteiger partial charge in [-0.1, -0.05) is 0 Å². The molecular formula is C18H26N2O3. The van der Waals surface area contributed by atoms with Crippen LogP contribution in [0.3, 0.4) is 0 Å². The minimum absolute atomic E-state index is 0.00141. The summed E-state index contributed by atoms with van der Waals surface area (Å²) in [4.78, 5) is 11.8. The average Bonchev–Trinajstić information content (AvgIpc) is 3.39. The van der Waals surface area contributed by atoms with Gasteiger partial charge in [-0.25, -0.2) is 0 Å². The van der Waals surface area contributed by atoms with Crippen molar-refractivity contribution in [2.24, 2.45) is 11.8 Å². The van der Waals surface area contributed by atoms with Crippen LogP contribution in [0.4, 0.5) is 5.69 Å². The lowest BCUT2D eigenvalue weighted by atomic mass is 10.0. The predicted octanol–water partition coefficient (Wildman–Crippen LogP) is 2.43. The Bertz CT molecular complexity index is 493. The lowest BCUT2D eigenvalue weighted by Crippen LogP contribution is -2.29. The quantitative estimate of drug-likeness (QED) is 0.773. The van der Waals surface area contributed by atoms with E-state index in [1.165, 1.54) is 12.8 Å². The molecule has 0 bridgehead atoms. The van der Waals surface area contributed by atoms with Crippen molar-refractivity contribution >= 4 is 11.6 Å². The number of hydrogen-bond acceptors (Lipinski definition) is 4. The third-order valence-corrected chi connectivity index (χ3v) is 4.38. The van der Waals surface area contributed by atoms with Gasteiger partial charge in [-0.05, 0) is 68.3 Å². The molecule has 3 rings (SSSR count). The number of hydrogen-bond donors (Lipinski definition) is 2. The summed E-state index contributed by atoms with van der Waals surface area (Å²) in [6.45, 7) is 3.74. The molecule has 0 radical (unpaired) electrons. The van der Waals surface area contributed by atoms with Crippen LogP contribution in [0, 0.1) is 11.8 Å². The summed E-state index contributed by atoms with van der Waals surface area (Å²) in [5.41, 5.74) is 0.807. The van der Waals surface area contributed by atoms with Crippen LogP contribution in [0.5, 0.6) is 5.75 Å². The van der Waals surface area contributed by atoms with E-state index in [4.69, 9.17) is 9.47 Å². The molecular weight excluding hydrogens is 292 g/mol. The number of nitrogens with one attached hydrogen (secondary N) is 2. The second-order valence-corrected chi connectivity index (χ2v) is 6.51. The van der Waals surface area contributed by atoms with Crippen LogP contribution in [-0.4, -0.2) is 38.8 Å². The molecule has 23 heavy (non-hydrogen) atoms. The van der Waals surface area contributed by atoms with Crippen molar-refractivity contribution in [2.75, 3.05) is 38.2 Å². The topological polar surface area (TPSA) is 59.6 Å². The largest absolute Gasteiger partial charge is 0.493 e. The fourth-order valence-corrected chi connectivity index (χ4v) is 2.68. The highest BCUT2D eigenvalue weighted by molar-refractivity contribution is 5.92. The molecule has 126 valence electrons. The second-order valence-electron chi connectivity index (χ2n) is 6.51. The molecule has 1 aromatic rings. The van der Waals surface area contributed by atoms with Gasteiger partial charge in [-0.15, -0.1) is 0 Å². The Hall–Kier alpha value is -1.59. The van der Waals surface area contributed by atoms with E-state index in [1.807, 2.05) is 24.3 Å². The van der Waals surface area contributed by atoms with Crippen molar-refractivity contribution in [3.63, 3.8) is 0 Å². The van der Waals surface area contributed by atoms with E-state index in [9.17, 15) is 4.79 Å². The van der Waals surface area contributed by atoms with Crippen molar-refractivity contribution in [1.29, 1.82) is 0 Å². The molecule has 1 aliphatic carbocycles. The zero-order valence-electron chi connectivity index (χ0n) is 13.6. The van der Waals surface area contributed by atoms with Crippen LogP contribution in [0.1, 0.15) is 25.7 Å². The molecule has 0 spiro atoms. The van der Waals surface area contributed by atoms with Crippen LogP contribution in [0.2, 0.25) is 0 Å². The molecule has 1 saturated heterocycles. The van der Waals surface area contributed by atoms with Gasteiger partial charge in [0.25, 0.3) is 0 Å². The Kier molecular flexibility index (Phi) is 5.88. The molecule has 2 fully saturated rings. The van der Waals surface area contributed by atoms with E-state index in [0.717, 1.165) is 56.6 Å². The van der Waals surface area contributed by atoms with Crippen molar-refractivity contribution in [1.82, 2.24) is 5.32 Å². The Morgan fingerprint density at radius 1 is 1.09 bits per heavy atom. The van der Waals surface area contributed by atoms with Gasteiger partial charge in [0, 0.05) is 18.9 Å². The number of rotatable bonds is 8. The molecule has 1 saturated carbocycles. The lowest BCUT2D eigenvalue weighted by molar-refractivity contribution is -0.115. The first kappa shape index (κ1) is 16.3. The van der Waals surface area contributed by atoms with Crippen molar-refractivity contribution < 1.29 is 14.3 Å². The van der Waals surface area contributed by atoms with Crippen molar-refractivity contribution in [3.8, 4) is 5.75 Å². The summed E-state index contributed by atoms with van der Waals surface area (Å²) in [6, 6.07) is 7.59. The standard InChI is InChI=1S/C18H26N2O3/c21-18(12-19-11-14-1-2-14)20-16-3-5-17(6-4-16)23-13-15-7-9-22-10-8-15/h3-6,14-15,19H,1-2,7-13H2,(H,20,21). The van der Waals surface area contributed by atoms with Gasteiger partial charge in [0.2, 0.25) is 5.91 Å². The number of carbonyl (C=O) groups is 1. The van der Waals surface area contributed by atoms with Crippen LogP contribution in [-0.2, 0) is 9.53 Å². The van der Waals surface area contributed by atoms with E-state index in [1.54, 1.807) is 0 Å². The summed E-state index contributed by atoms with van der Waals surface area (Å²) in [5.74, 6) is 2.22. The molecule has 0 atom stereocenters. The first-order valence-corrected chi connectivity index (χ1v) is 8.61. The molecule has 0 aromatic heterocycles. The first-order chi connectivity index (χ1) is 11.3. The molecule has 5 nitrogen and oxygen atoms in total. The molecule has 2 aliphatic rings. The summed E-state index contributed by atoms with van der Waals surface area (Å²) in [7, 11) is 0. The normalized spacial score (nSPS) is 18.6. The van der Waals surface area contributed by atoms with Crippen LogP contribution < -0.4 is 15.4 Å². The van der Waals surface area contributed by atoms with E-state index in [-0.39, 0.29) is 5.91 Å². The Morgan fingerprint density at radius 3 is 2.52 bits per heavy atom. The van der Waals surface area contributed by atoms with Crippen LogP contribution in [0.15, 0.2) is 24.3 Å². The van der Waals surface area contributed by atoms with Gasteiger partial charge < -0.3 is 20.1 Å². The zero-order chi connectivity index (χ0) is 15.9. The van der Waals surface area contributed by atoms with E-state index < -0.39 is 0 Å². The third-order valence-electron chi connectivity index (χ3n) is 4.38. The monoisotopic (exact) mass is 318 g/mol. The molecule has 5 heteroatoms. The Morgan fingerprint density at radius 2 is 1.83 bits per heavy atom. The fraction of sp³-hybridized carbons (Fsp3) is 0.611. The third kappa shape index (κ3) is 5.84. The van der Waals surface area contributed by atoms with Gasteiger partial charge in [0.1, 0.15) is 5.75 Å². The predicted molar refractivity (Wildman–Crippen MR) is 89.7 cm³/mol. The SMILES string of the molecule is O=C(CNCC1CC1)Nc1ccc(OCC2CCOCC2)cc1. The van der Waals surface area contributed by atoms with Gasteiger partial charge in [-0.3, -0.25) is 4.79 Å². The average molecular weight is 318 g/mol. The Labute approximate surface area is 137 Å². The zero-order valence-corrected chi connectivity index (χ0v) is 13.6.